The summed E-state index contributed by atoms with van der Waals surface area (Å²) in [5, 5.41) is 14.3. The molecule has 0 unspecified atom stereocenters. The molecule has 1 aliphatic carbocycles. The van der Waals surface area contributed by atoms with Crippen molar-refractivity contribution in [2.45, 2.75) is 38.8 Å². The predicted octanol–water partition coefficient (Wildman–Crippen LogP) is 3.31. The Morgan fingerprint density at radius 2 is 2.16 bits per heavy atom. The molecule has 1 aliphatic heterocycles. The zero-order valence-corrected chi connectivity index (χ0v) is 17.7. The van der Waals surface area contributed by atoms with Crippen molar-refractivity contribution in [1.29, 1.82) is 0 Å². The van der Waals surface area contributed by atoms with Crippen LogP contribution >= 0.6 is 11.6 Å². The molecular formula is C22H21ClN6O2. The Morgan fingerprint density at radius 3 is 2.87 bits per heavy atom. The van der Waals surface area contributed by atoms with E-state index in [9.17, 15) is 9.59 Å². The van der Waals surface area contributed by atoms with Gasteiger partial charge in [0, 0.05) is 34.8 Å². The van der Waals surface area contributed by atoms with Crippen molar-refractivity contribution in [3.05, 3.63) is 57.7 Å². The van der Waals surface area contributed by atoms with E-state index in [2.05, 4.69) is 21.0 Å². The predicted molar refractivity (Wildman–Crippen MR) is 119 cm³/mol. The standard InChI is InChI=1S/C22H21ClN6O2/c1-12-3-2-4-17(23)16(12)11-24-18-9-19(26-15-5-6-15)29-21(27-18)14(10-25-29)7-13-8-20(30)28-22(13)31/h2-4,7,9-10,15,26H,5-6,8,11H2,1H3,(H,24,27)(H,28,30,31)/b13-7+. The van der Waals surface area contributed by atoms with E-state index in [1.807, 2.05) is 31.2 Å². The third kappa shape index (κ3) is 3.98. The quantitative estimate of drug-likeness (QED) is 0.405. The number of benzene rings is 1. The fourth-order valence-electron chi connectivity index (χ4n) is 3.59. The summed E-state index contributed by atoms with van der Waals surface area (Å²) in [6.07, 6.45) is 5.63. The SMILES string of the molecule is Cc1cccc(Cl)c1CNc1cc(NC2CC2)n2ncc(/C=C3\CC(=O)NC3=O)c2n1. The Morgan fingerprint density at radius 1 is 1.32 bits per heavy atom. The van der Waals surface area contributed by atoms with E-state index in [1.165, 1.54) is 0 Å². The molecule has 3 aromatic rings. The lowest BCUT2D eigenvalue weighted by Gasteiger charge is -2.13. The third-order valence-corrected chi connectivity index (χ3v) is 5.81. The Kier molecular flexibility index (Phi) is 4.86. The normalized spacial score (nSPS) is 17.4. The maximum Gasteiger partial charge on any atom is 0.254 e. The molecule has 2 aromatic heterocycles. The number of rotatable bonds is 6. The zero-order chi connectivity index (χ0) is 21.5. The van der Waals surface area contributed by atoms with Crippen LogP contribution in [0.25, 0.3) is 11.7 Å². The molecule has 3 heterocycles. The van der Waals surface area contributed by atoms with Crippen molar-refractivity contribution in [2.24, 2.45) is 0 Å². The highest BCUT2D eigenvalue weighted by Gasteiger charge is 2.25. The fourth-order valence-corrected chi connectivity index (χ4v) is 3.88. The minimum atomic E-state index is -0.371. The van der Waals surface area contributed by atoms with Gasteiger partial charge in [0.25, 0.3) is 5.91 Å². The molecule has 1 aromatic carbocycles. The van der Waals surface area contributed by atoms with E-state index in [-0.39, 0.29) is 18.2 Å². The summed E-state index contributed by atoms with van der Waals surface area (Å²) < 4.78 is 1.73. The summed E-state index contributed by atoms with van der Waals surface area (Å²) in [6, 6.07) is 8.17. The number of hydrogen-bond donors (Lipinski definition) is 3. The van der Waals surface area contributed by atoms with Crippen LogP contribution in [0.15, 0.2) is 36.0 Å². The molecule has 2 aliphatic rings. The molecule has 0 bridgehead atoms. The number of fused-ring (bicyclic) bond motifs is 1. The van der Waals surface area contributed by atoms with E-state index in [0.29, 0.717) is 40.2 Å². The van der Waals surface area contributed by atoms with Crippen LogP contribution in [0.2, 0.25) is 5.02 Å². The lowest BCUT2D eigenvalue weighted by molar-refractivity contribution is -0.124. The van der Waals surface area contributed by atoms with E-state index in [4.69, 9.17) is 16.6 Å². The van der Waals surface area contributed by atoms with E-state index in [1.54, 1.807) is 16.8 Å². The van der Waals surface area contributed by atoms with Crippen LogP contribution in [0.1, 0.15) is 36.0 Å². The number of amides is 2. The molecule has 5 rings (SSSR count). The summed E-state index contributed by atoms with van der Waals surface area (Å²) in [6.45, 7) is 2.55. The molecule has 1 saturated carbocycles. The van der Waals surface area contributed by atoms with Gasteiger partial charge in [-0.2, -0.15) is 9.61 Å². The Bertz CT molecular complexity index is 1220. The number of nitrogens with one attached hydrogen (secondary N) is 3. The number of nitrogens with zero attached hydrogens (tertiary/aromatic N) is 3. The average Bonchev–Trinajstić information content (AvgIpc) is 3.36. The molecule has 158 valence electrons. The number of anilines is 2. The van der Waals surface area contributed by atoms with Gasteiger partial charge in [0.15, 0.2) is 5.65 Å². The summed E-state index contributed by atoms with van der Waals surface area (Å²) in [5.41, 5.74) is 3.80. The van der Waals surface area contributed by atoms with Crippen LogP contribution in [-0.4, -0.2) is 32.5 Å². The van der Waals surface area contributed by atoms with Crippen molar-refractivity contribution in [2.75, 3.05) is 10.6 Å². The topological polar surface area (TPSA) is 100 Å². The first kappa shape index (κ1) is 19.6. The Labute approximate surface area is 183 Å². The summed E-state index contributed by atoms with van der Waals surface area (Å²) in [7, 11) is 0. The maximum absolute atomic E-state index is 12.0. The van der Waals surface area contributed by atoms with Gasteiger partial charge in [-0.15, -0.1) is 0 Å². The second-order valence-electron chi connectivity index (χ2n) is 7.89. The monoisotopic (exact) mass is 436 g/mol. The minimum absolute atomic E-state index is 0.0626. The Balaban J connectivity index is 1.51. The molecule has 0 atom stereocenters. The minimum Gasteiger partial charge on any atom is -0.367 e. The summed E-state index contributed by atoms with van der Waals surface area (Å²) in [5.74, 6) is 0.822. The first-order valence-electron chi connectivity index (χ1n) is 10.2. The van der Waals surface area contributed by atoms with Crippen molar-refractivity contribution < 1.29 is 9.59 Å². The molecule has 2 fully saturated rings. The average molecular weight is 437 g/mol. The second-order valence-corrected chi connectivity index (χ2v) is 8.30. The maximum atomic E-state index is 12.0. The van der Waals surface area contributed by atoms with Crippen molar-refractivity contribution >= 4 is 46.8 Å². The van der Waals surface area contributed by atoms with E-state index >= 15 is 0 Å². The Hall–Kier alpha value is -3.39. The van der Waals surface area contributed by atoms with Crippen LogP contribution in [0, 0.1) is 6.92 Å². The fraction of sp³-hybridized carbons (Fsp3) is 0.273. The number of halogens is 1. The molecule has 0 spiro atoms. The molecule has 1 saturated heterocycles. The van der Waals surface area contributed by atoms with Gasteiger partial charge >= 0.3 is 0 Å². The van der Waals surface area contributed by atoms with Crippen molar-refractivity contribution in [1.82, 2.24) is 19.9 Å². The number of carbonyl (C=O) groups is 2. The van der Waals surface area contributed by atoms with E-state index < -0.39 is 0 Å². The van der Waals surface area contributed by atoms with Crippen molar-refractivity contribution in [3.63, 3.8) is 0 Å². The molecular weight excluding hydrogens is 416 g/mol. The highest BCUT2D eigenvalue weighted by atomic mass is 35.5. The lowest BCUT2D eigenvalue weighted by Crippen LogP contribution is -2.19. The van der Waals surface area contributed by atoms with Gasteiger partial charge in [0.1, 0.15) is 11.6 Å². The summed E-state index contributed by atoms with van der Waals surface area (Å²) in [4.78, 5) is 28.2. The van der Waals surface area contributed by atoms with Gasteiger partial charge in [-0.1, -0.05) is 23.7 Å². The molecule has 0 radical (unpaired) electrons. The van der Waals surface area contributed by atoms with Gasteiger partial charge in [0.05, 0.1) is 12.6 Å². The molecule has 31 heavy (non-hydrogen) atoms. The van der Waals surface area contributed by atoms with Crippen molar-refractivity contribution in [3.8, 4) is 0 Å². The first-order valence-corrected chi connectivity index (χ1v) is 10.5. The highest BCUT2D eigenvalue weighted by Crippen LogP contribution is 2.28. The third-order valence-electron chi connectivity index (χ3n) is 5.45. The summed E-state index contributed by atoms with van der Waals surface area (Å²) >= 11 is 6.37. The number of carbonyl (C=O) groups excluding carboxylic acids is 2. The van der Waals surface area contributed by atoms with Crippen LogP contribution in [0.4, 0.5) is 11.6 Å². The number of aromatic nitrogens is 3. The lowest BCUT2D eigenvalue weighted by atomic mass is 10.1. The van der Waals surface area contributed by atoms with Gasteiger partial charge in [-0.25, -0.2) is 4.98 Å². The van der Waals surface area contributed by atoms with Crippen LogP contribution in [0.3, 0.4) is 0 Å². The molecule has 2 amide bonds. The highest BCUT2D eigenvalue weighted by molar-refractivity contribution is 6.31. The van der Waals surface area contributed by atoms with E-state index in [0.717, 1.165) is 29.8 Å². The number of hydrogen-bond acceptors (Lipinski definition) is 6. The van der Waals surface area contributed by atoms with Gasteiger partial charge in [-0.05, 0) is 43.0 Å². The zero-order valence-electron chi connectivity index (χ0n) is 16.9. The van der Waals surface area contributed by atoms with Crippen LogP contribution in [0.5, 0.6) is 0 Å². The van der Waals surface area contributed by atoms with Gasteiger partial charge in [-0.3, -0.25) is 14.9 Å². The smallest absolute Gasteiger partial charge is 0.254 e. The molecule has 9 heteroatoms. The molecule has 3 N–H and O–H groups in total. The van der Waals surface area contributed by atoms with Gasteiger partial charge in [0.2, 0.25) is 5.91 Å². The molecule has 8 nitrogen and oxygen atoms in total. The van der Waals surface area contributed by atoms with Gasteiger partial charge < -0.3 is 10.6 Å². The van der Waals surface area contributed by atoms with Crippen LogP contribution < -0.4 is 16.0 Å². The van der Waals surface area contributed by atoms with Crippen LogP contribution in [-0.2, 0) is 16.1 Å². The first-order chi connectivity index (χ1) is 15.0. The largest absolute Gasteiger partial charge is 0.367 e. The number of imide groups is 1. The number of aryl methyl sites for hydroxylation is 1. The second kappa shape index (κ2) is 7.70.